The standard InChI is InChI=1S/C13H16FN3OS/c1-9(15)2-7-13-16-12(17-18-13)8-19-11-5-3-10(14)4-6-11/h3-6,9H,2,7-8,15H2,1H3. The highest BCUT2D eigenvalue weighted by atomic mass is 32.2. The molecule has 1 heterocycles. The lowest BCUT2D eigenvalue weighted by molar-refractivity contribution is 0.368. The monoisotopic (exact) mass is 281 g/mol. The van der Waals surface area contributed by atoms with E-state index in [2.05, 4.69) is 10.1 Å². The van der Waals surface area contributed by atoms with E-state index in [0.29, 0.717) is 23.9 Å². The Morgan fingerprint density at radius 2 is 2.11 bits per heavy atom. The number of aromatic nitrogens is 2. The molecule has 0 saturated heterocycles. The van der Waals surface area contributed by atoms with E-state index in [1.807, 2.05) is 6.92 Å². The van der Waals surface area contributed by atoms with Gasteiger partial charge in [-0.2, -0.15) is 4.98 Å². The van der Waals surface area contributed by atoms with Crippen molar-refractivity contribution in [1.29, 1.82) is 0 Å². The SMILES string of the molecule is CC(N)CCc1nc(CSc2ccc(F)cc2)no1. The molecular weight excluding hydrogens is 265 g/mol. The van der Waals surface area contributed by atoms with Crippen LogP contribution in [0.25, 0.3) is 0 Å². The fraction of sp³-hybridized carbons (Fsp3) is 0.385. The average molecular weight is 281 g/mol. The second-order valence-electron chi connectivity index (χ2n) is 4.36. The van der Waals surface area contributed by atoms with Crippen molar-refractivity contribution in [3.63, 3.8) is 0 Å². The Labute approximate surface area is 115 Å². The van der Waals surface area contributed by atoms with Gasteiger partial charge in [0, 0.05) is 17.4 Å². The van der Waals surface area contributed by atoms with Crippen LogP contribution in [0.3, 0.4) is 0 Å². The Bertz CT molecular complexity index is 513. The molecule has 0 saturated carbocycles. The van der Waals surface area contributed by atoms with Crippen LogP contribution in [0, 0.1) is 5.82 Å². The zero-order chi connectivity index (χ0) is 13.7. The van der Waals surface area contributed by atoms with Crippen molar-refractivity contribution in [2.24, 2.45) is 5.73 Å². The van der Waals surface area contributed by atoms with Crippen LogP contribution in [-0.2, 0) is 12.2 Å². The molecule has 19 heavy (non-hydrogen) atoms. The Morgan fingerprint density at radius 3 is 2.79 bits per heavy atom. The largest absolute Gasteiger partial charge is 0.339 e. The molecule has 1 aromatic carbocycles. The van der Waals surface area contributed by atoms with Gasteiger partial charge in [0.05, 0.1) is 5.75 Å². The Balaban J connectivity index is 1.84. The maximum Gasteiger partial charge on any atom is 0.226 e. The first kappa shape index (κ1) is 14.0. The van der Waals surface area contributed by atoms with Gasteiger partial charge in [0.1, 0.15) is 5.82 Å². The minimum Gasteiger partial charge on any atom is -0.339 e. The van der Waals surface area contributed by atoms with Gasteiger partial charge in [-0.3, -0.25) is 0 Å². The number of nitrogens with two attached hydrogens (primary N) is 1. The third-order valence-corrected chi connectivity index (χ3v) is 3.51. The van der Waals surface area contributed by atoms with Crippen molar-refractivity contribution in [3.8, 4) is 0 Å². The smallest absolute Gasteiger partial charge is 0.226 e. The normalized spacial score (nSPS) is 12.6. The summed E-state index contributed by atoms with van der Waals surface area (Å²) in [6.45, 7) is 1.95. The number of halogens is 1. The zero-order valence-electron chi connectivity index (χ0n) is 10.7. The van der Waals surface area contributed by atoms with Gasteiger partial charge < -0.3 is 10.3 Å². The molecule has 6 heteroatoms. The van der Waals surface area contributed by atoms with Gasteiger partial charge in [-0.05, 0) is 37.6 Å². The van der Waals surface area contributed by atoms with E-state index in [0.717, 1.165) is 11.3 Å². The summed E-state index contributed by atoms with van der Waals surface area (Å²) >= 11 is 1.54. The van der Waals surface area contributed by atoms with Crippen molar-refractivity contribution in [2.75, 3.05) is 0 Å². The average Bonchev–Trinajstić information content (AvgIpc) is 2.84. The van der Waals surface area contributed by atoms with Crippen LogP contribution in [0.2, 0.25) is 0 Å². The number of rotatable bonds is 6. The van der Waals surface area contributed by atoms with Gasteiger partial charge in [-0.1, -0.05) is 5.16 Å². The van der Waals surface area contributed by atoms with Crippen molar-refractivity contribution in [1.82, 2.24) is 10.1 Å². The van der Waals surface area contributed by atoms with Crippen molar-refractivity contribution >= 4 is 11.8 Å². The molecule has 0 radical (unpaired) electrons. The highest BCUT2D eigenvalue weighted by Crippen LogP contribution is 2.21. The Morgan fingerprint density at radius 1 is 1.37 bits per heavy atom. The summed E-state index contributed by atoms with van der Waals surface area (Å²) in [4.78, 5) is 5.26. The summed E-state index contributed by atoms with van der Waals surface area (Å²) in [5, 5.41) is 3.90. The number of hydrogen-bond donors (Lipinski definition) is 1. The van der Waals surface area contributed by atoms with E-state index >= 15 is 0 Å². The molecule has 102 valence electrons. The fourth-order valence-electron chi connectivity index (χ4n) is 1.48. The van der Waals surface area contributed by atoms with E-state index in [1.165, 1.54) is 12.1 Å². The molecule has 0 aliphatic rings. The molecule has 0 spiro atoms. The molecule has 4 nitrogen and oxygen atoms in total. The number of benzene rings is 1. The van der Waals surface area contributed by atoms with Gasteiger partial charge in [-0.25, -0.2) is 4.39 Å². The summed E-state index contributed by atoms with van der Waals surface area (Å²) in [6, 6.07) is 6.47. The Hall–Kier alpha value is -1.40. The lowest BCUT2D eigenvalue weighted by atomic mass is 10.2. The van der Waals surface area contributed by atoms with Crippen LogP contribution >= 0.6 is 11.8 Å². The van der Waals surface area contributed by atoms with Crippen LogP contribution < -0.4 is 5.73 Å². The third kappa shape index (κ3) is 4.65. The molecule has 0 aliphatic heterocycles. The third-order valence-electron chi connectivity index (χ3n) is 2.51. The van der Waals surface area contributed by atoms with Gasteiger partial charge >= 0.3 is 0 Å². The lowest BCUT2D eigenvalue weighted by Crippen LogP contribution is -2.15. The second-order valence-corrected chi connectivity index (χ2v) is 5.41. The molecule has 0 amide bonds. The molecule has 0 fully saturated rings. The minimum atomic E-state index is -0.234. The summed E-state index contributed by atoms with van der Waals surface area (Å²) in [6.07, 6.45) is 1.53. The molecule has 2 N–H and O–H groups in total. The maximum absolute atomic E-state index is 12.7. The Kier molecular flexibility index (Phi) is 4.93. The minimum absolute atomic E-state index is 0.129. The van der Waals surface area contributed by atoms with Gasteiger partial charge in [-0.15, -0.1) is 11.8 Å². The number of aryl methyl sites for hydroxylation is 1. The summed E-state index contributed by atoms with van der Waals surface area (Å²) in [7, 11) is 0. The first-order chi connectivity index (χ1) is 9.13. The molecular formula is C13H16FN3OS. The summed E-state index contributed by atoms with van der Waals surface area (Å²) in [5.74, 6) is 1.64. The van der Waals surface area contributed by atoms with E-state index in [-0.39, 0.29) is 11.9 Å². The van der Waals surface area contributed by atoms with Crippen LogP contribution in [0.1, 0.15) is 25.1 Å². The second kappa shape index (κ2) is 6.68. The molecule has 1 aromatic heterocycles. The maximum atomic E-state index is 12.7. The molecule has 0 bridgehead atoms. The molecule has 2 aromatic rings. The summed E-state index contributed by atoms with van der Waals surface area (Å²) < 4.78 is 17.9. The first-order valence-electron chi connectivity index (χ1n) is 6.09. The van der Waals surface area contributed by atoms with Crippen molar-refractivity contribution in [3.05, 3.63) is 41.8 Å². The predicted octanol–water partition coefficient (Wildman–Crippen LogP) is 2.78. The van der Waals surface area contributed by atoms with E-state index in [1.54, 1.807) is 23.9 Å². The van der Waals surface area contributed by atoms with Crippen LogP contribution in [0.4, 0.5) is 4.39 Å². The zero-order valence-corrected chi connectivity index (χ0v) is 11.5. The highest BCUT2D eigenvalue weighted by molar-refractivity contribution is 7.98. The van der Waals surface area contributed by atoms with Crippen LogP contribution in [-0.4, -0.2) is 16.2 Å². The molecule has 1 unspecified atom stereocenters. The van der Waals surface area contributed by atoms with Gasteiger partial charge in [0.15, 0.2) is 5.82 Å². The molecule has 0 aliphatic carbocycles. The van der Waals surface area contributed by atoms with E-state index < -0.39 is 0 Å². The van der Waals surface area contributed by atoms with E-state index in [4.69, 9.17) is 10.3 Å². The number of hydrogen-bond acceptors (Lipinski definition) is 5. The fourth-order valence-corrected chi connectivity index (χ4v) is 2.22. The molecule has 2 rings (SSSR count). The number of nitrogens with zero attached hydrogens (tertiary/aromatic N) is 2. The van der Waals surface area contributed by atoms with Crippen LogP contribution in [0.5, 0.6) is 0 Å². The first-order valence-corrected chi connectivity index (χ1v) is 7.07. The van der Waals surface area contributed by atoms with Crippen molar-refractivity contribution in [2.45, 2.75) is 36.5 Å². The van der Waals surface area contributed by atoms with Gasteiger partial charge in [0.25, 0.3) is 0 Å². The quantitative estimate of drug-likeness (QED) is 0.825. The topological polar surface area (TPSA) is 64.9 Å². The van der Waals surface area contributed by atoms with Gasteiger partial charge in [0.2, 0.25) is 5.89 Å². The summed E-state index contributed by atoms with van der Waals surface area (Å²) in [5.41, 5.74) is 5.67. The van der Waals surface area contributed by atoms with Crippen LogP contribution in [0.15, 0.2) is 33.7 Å². The molecule has 1 atom stereocenters. The lowest BCUT2D eigenvalue weighted by Gasteiger charge is -1.99. The van der Waals surface area contributed by atoms with E-state index in [9.17, 15) is 4.39 Å². The highest BCUT2D eigenvalue weighted by Gasteiger charge is 2.07. The van der Waals surface area contributed by atoms with Crippen molar-refractivity contribution < 1.29 is 8.91 Å². The predicted molar refractivity (Wildman–Crippen MR) is 72.2 cm³/mol. The number of thioether (sulfide) groups is 1.